The molecule has 2 N–H and O–H groups in total. The van der Waals surface area contributed by atoms with Crippen LogP contribution in [0.1, 0.15) is 44.2 Å². The van der Waals surface area contributed by atoms with Gasteiger partial charge in [-0.3, -0.25) is 4.90 Å². The largest absolute Gasteiger partial charge is 0.389 e. The molecule has 1 aromatic carbocycles. The van der Waals surface area contributed by atoms with E-state index < -0.39 is 0 Å². The zero-order chi connectivity index (χ0) is 14.0. The van der Waals surface area contributed by atoms with Crippen LogP contribution in [0.2, 0.25) is 0 Å². The van der Waals surface area contributed by atoms with Crippen LogP contribution in [0.25, 0.3) is 0 Å². The Morgan fingerprint density at radius 2 is 2.00 bits per heavy atom. The van der Waals surface area contributed by atoms with Gasteiger partial charge in [0, 0.05) is 29.8 Å². The Hall–Kier alpha value is -1.00. The van der Waals surface area contributed by atoms with Crippen molar-refractivity contribution in [3.63, 3.8) is 0 Å². The Bertz CT molecular complexity index is 465. The lowest BCUT2D eigenvalue weighted by atomic mass is 9.96. The van der Waals surface area contributed by atoms with Crippen molar-refractivity contribution in [2.24, 2.45) is 5.73 Å². The first-order chi connectivity index (χ1) is 9.00. The van der Waals surface area contributed by atoms with Crippen molar-refractivity contribution in [2.45, 2.75) is 51.7 Å². The number of nitrogens with two attached hydrogens (primary N) is 1. The lowest BCUT2D eigenvalue weighted by Crippen LogP contribution is -2.43. The minimum atomic E-state index is -0.264. The highest BCUT2D eigenvalue weighted by Gasteiger charge is 2.25. The molecule has 104 valence electrons. The second kappa shape index (κ2) is 5.97. The van der Waals surface area contributed by atoms with Crippen LogP contribution >= 0.6 is 12.2 Å². The molecule has 0 radical (unpaired) electrons. The standard InChI is InChI=1S/C15H21FN2S/c1-10-5-3-6-11(2)18(10)9-12-7-4-8-13(14(12)16)15(17)19/h4,7-8,10-11H,3,5-6,9H2,1-2H3,(H2,17,19). The topological polar surface area (TPSA) is 29.3 Å². The molecule has 0 aliphatic carbocycles. The number of piperidine rings is 1. The van der Waals surface area contributed by atoms with E-state index in [0.29, 0.717) is 29.8 Å². The smallest absolute Gasteiger partial charge is 0.137 e. The van der Waals surface area contributed by atoms with Crippen LogP contribution in [0.3, 0.4) is 0 Å². The van der Waals surface area contributed by atoms with E-state index in [2.05, 4.69) is 18.7 Å². The van der Waals surface area contributed by atoms with E-state index in [-0.39, 0.29) is 10.8 Å². The summed E-state index contributed by atoms with van der Waals surface area (Å²) in [5.74, 6) is -0.264. The van der Waals surface area contributed by atoms with Crippen LogP contribution in [-0.4, -0.2) is 22.0 Å². The van der Waals surface area contributed by atoms with Gasteiger partial charge < -0.3 is 5.73 Å². The number of rotatable bonds is 3. The summed E-state index contributed by atoms with van der Waals surface area (Å²) in [5, 5.41) is 0. The van der Waals surface area contributed by atoms with Crippen molar-refractivity contribution in [1.82, 2.24) is 4.90 Å². The predicted octanol–water partition coefficient (Wildman–Crippen LogP) is 3.22. The Morgan fingerprint density at radius 3 is 2.58 bits per heavy atom. The molecule has 1 heterocycles. The number of nitrogens with zero attached hydrogens (tertiary/aromatic N) is 1. The highest BCUT2D eigenvalue weighted by atomic mass is 32.1. The van der Waals surface area contributed by atoms with E-state index in [0.717, 1.165) is 0 Å². The maximum absolute atomic E-state index is 14.3. The molecular formula is C15H21FN2S. The fraction of sp³-hybridized carbons (Fsp3) is 0.533. The number of hydrogen-bond donors (Lipinski definition) is 1. The summed E-state index contributed by atoms with van der Waals surface area (Å²) < 4.78 is 14.3. The second-order valence-corrected chi connectivity index (χ2v) is 5.88. The van der Waals surface area contributed by atoms with Crippen LogP contribution in [0.4, 0.5) is 4.39 Å². The summed E-state index contributed by atoms with van der Waals surface area (Å²) in [6.45, 7) is 5.06. The average molecular weight is 280 g/mol. The molecule has 1 aliphatic rings. The molecule has 2 unspecified atom stereocenters. The van der Waals surface area contributed by atoms with Gasteiger partial charge in [-0.2, -0.15) is 0 Å². The third-order valence-electron chi connectivity index (χ3n) is 4.07. The SMILES string of the molecule is CC1CCCC(C)N1Cc1cccc(C(N)=S)c1F. The highest BCUT2D eigenvalue weighted by molar-refractivity contribution is 7.80. The molecule has 0 saturated carbocycles. The molecule has 0 amide bonds. The highest BCUT2D eigenvalue weighted by Crippen LogP contribution is 2.25. The summed E-state index contributed by atoms with van der Waals surface area (Å²) in [4.78, 5) is 2.49. The summed E-state index contributed by atoms with van der Waals surface area (Å²) >= 11 is 4.88. The van der Waals surface area contributed by atoms with Crippen LogP contribution in [0.5, 0.6) is 0 Å². The molecule has 19 heavy (non-hydrogen) atoms. The average Bonchev–Trinajstić information content (AvgIpc) is 2.35. The van der Waals surface area contributed by atoms with Crippen molar-refractivity contribution < 1.29 is 4.39 Å². The van der Waals surface area contributed by atoms with Gasteiger partial charge in [0.1, 0.15) is 10.8 Å². The van der Waals surface area contributed by atoms with Crippen molar-refractivity contribution >= 4 is 17.2 Å². The summed E-state index contributed by atoms with van der Waals surface area (Å²) in [6.07, 6.45) is 3.62. The van der Waals surface area contributed by atoms with Crippen LogP contribution in [-0.2, 0) is 6.54 Å². The molecule has 2 rings (SSSR count). The normalized spacial score (nSPS) is 24.4. The molecule has 2 nitrogen and oxygen atoms in total. The Morgan fingerprint density at radius 1 is 1.37 bits per heavy atom. The fourth-order valence-electron chi connectivity index (χ4n) is 2.88. The Labute approximate surface area is 119 Å². The number of benzene rings is 1. The van der Waals surface area contributed by atoms with E-state index in [1.54, 1.807) is 6.07 Å². The van der Waals surface area contributed by atoms with E-state index in [4.69, 9.17) is 18.0 Å². The van der Waals surface area contributed by atoms with E-state index in [1.165, 1.54) is 19.3 Å². The number of likely N-dealkylation sites (tertiary alicyclic amines) is 1. The van der Waals surface area contributed by atoms with Crippen molar-refractivity contribution in [3.05, 3.63) is 35.1 Å². The molecule has 0 spiro atoms. The maximum Gasteiger partial charge on any atom is 0.137 e. The van der Waals surface area contributed by atoms with Gasteiger partial charge in [0.15, 0.2) is 0 Å². The first-order valence-electron chi connectivity index (χ1n) is 6.83. The summed E-state index contributed by atoms with van der Waals surface area (Å²) in [7, 11) is 0. The molecule has 1 saturated heterocycles. The molecular weight excluding hydrogens is 259 g/mol. The number of halogens is 1. The van der Waals surface area contributed by atoms with E-state index in [9.17, 15) is 4.39 Å². The van der Waals surface area contributed by atoms with Gasteiger partial charge in [-0.1, -0.05) is 30.8 Å². The van der Waals surface area contributed by atoms with Gasteiger partial charge in [-0.05, 0) is 32.8 Å². The first kappa shape index (κ1) is 14.4. The van der Waals surface area contributed by atoms with Gasteiger partial charge >= 0.3 is 0 Å². The molecule has 1 aromatic rings. The second-order valence-electron chi connectivity index (χ2n) is 5.44. The lowest BCUT2D eigenvalue weighted by molar-refractivity contribution is 0.0940. The Kier molecular flexibility index (Phi) is 4.53. The summed E-state index contributed by atoms with van der Waals surface area (Å²) in [5.41, 5.74) is 6.59. The van der Waals surface area contributed by atoms with Crippen LogP contribution in [0, 0.1) is 5.82 Å². The van der Waals surface area contributed by atoms with Gasteiger partial charge in [-0.15, -0.1) is 0 Å². The Balaban J connectivity index is 2.23. The monoisotopic (exact) mass is 280 g/mol. The fourth-order valence-corrected chi connectivity index (χ4v) is 3.03. The molecule has 2 atom stereocenters. The van der Waals surface area contributed by atoms with Crippen LogP contribution in [0.15, 0.2) is 18.2 Å². The third kappa shape index (κ3) is 3.12. The predicted molar refractivity (Wildman–Crippen MR) is 80.6 cm³/mol. The lowest BCUT2D eigenvalue weighted by Gasteiger charge is -2.39. The maximum atomic E-state index is 14.3. The zero-order valence-corrected chi connectivity index (χ0v) is 12.3. The molecule has 0 bridgehead atoms. The van der Waals surface area contributed by atoms with Crippen molar-refractivity contribution in [1.29, 1.82) is 0 Å². The quantitative estimate of drug-likeness (QED) is 0.862. The zero-order valence-electron chi connectivity index (χ0n) is 11.5. The van der Waals surface area contributed by atoms with Crippen molar-refractivity contribution in [2.75, 3.05) is 0 Å². The van der Waals surface area contributed by atoms with E-state index >= 15 is 0 Å². The molecule has 1 aliphatic heterocycles. The van der Waals surface area contributed by atoms with Gasteiger partial charge in [0.2, 0.25) is 0 Å². The van der Waals surface area contributed by atoms with Gasteiger partial charge in [0.25, 0.3) is 0 Å². The first-order valence-corrected chi connectivity index (χ1v) is 7.24. The third-order valence-corrected chi connectivity index (χ3v) is 4.29. The van der Waals surface area contributed by atoms with Gasteiger partial charge in [-0.25, -0.2) is 4.39 Å². The van der Waals surface area contributed by atoms with E-state index in [1.807, 2.05) is 12.1 Å². The minimum absolute atomic E-state index is 0.124. The molecule has 4 heteroatoms. The van der Waals surface area contributed by atoms with Crippen LogP contribution < -0.4 is 5.73 Å². The summed E-state index contributed by atoms with van der Waals surface area (Å²) in [6, 6.07) is 6.29. The van der Waals surface area contributed by atoms with Crippen molar-refractivity contribution in [3.8, 4) is 0 Å². The molecule has 1 fully saturated rings. The van der Waals surface area contributed by atoms with Gasteiger partial charge in [0.05, 0.1) is 0 Å². The molecule has 0 aromatic heterocycles. The minimum Gasteiger partial charge on any atom is -0.389 e. The number of hydrogen-bond acceptors (Lipinski definition) is 2. The number of thiocarbonyl (C=S) groups is 1.